The van der Waals surface area contributed by atoms with Gasteiger partial charge in [-0.1, -0.05) is 13.8 Å². The van der Waals surface area contributed by atoms with E-state index >= 15 is 0 Å². The lowest BCUT2D eigenvalue weighted by molar-refractivity contribution is -0.144. The molecule has 0 aliphatic carbocycles. The predicted molar refractivity (Wildman–Crippen MR) is 65.9 cm³/mol. The van der Waals surface area contributed by atoms with Gasteiger partial charge in [0.2, 0.25) is 5.91 Å². The molecule has 1 aliphatic heterocycles. The van der Waals surface area contributed by atoms with Gasteiger partial charge in [0.05, 0.1) is 18.6 Å². The molecule has 6 heteroatoms. The largest absolute Gasteiger partial charge is 0.480 e. The predicted octanol–water partition coefficient (Wildman–Crippen LogP) is -0.0343. The summed E-state index contributed by atoms with van der Waals surface area (Å²) in [5.74, 6) is -1.18. The van der Waals surface area contributed by atoms with Gasteiger partial charge in [-0.15, -0.1) is 0 Å². The fraction of sp³-hybridized carbons (Fsp3) is 0.833. The Morgan fingerprint density at radius 3 is 2.56 bits per heavy atom. The van der Waals surface area contributed by atoms with Crippen molar-refractivity contribution in [2.75, 3.05) is 13.2 Å². The first kappa shape index (κ1) is 14.9. The topological polar surface area (TPSA) is 102 Å². The van der Waals surface area contributed by atoms with E-state index in [9.17, 15) is 9.59 Å². The van der Waals surface area contributed by atoms with Gasteiger partial charge in [0.1, 0.15) is 6.04 Å². The molecule has 1 fully saturated rings. The van der Waals surface area contributed by atoms with Crippen LogP contribution >= 0.6 is 0 Å². The molecule has 1 rings (SSSR count). The van der Waals surface area contributed by atoms with E-state index in [2.05, 4.69) is 5.32 Å². The maximum Gasteiger partial charge on any atom is 0.326 e. The SMILES string of the molecule is CC(C)CC(NC(=O)C1(C)COCC1N)C(=O)O. The van der Waals surface area contributed by atoms with Gasteiger partial charge in [0, 0.05) is 6.04 Å². The monoisotopic (exact) mass is 258 g/mol. The fourth-order valence-electron chi connectivity index (χ4n) is 1.94. The van der Waals surface area contributed by atoms with Crippen molar-refractivity contribution in [3.05, 3.63) is 0 Å². The van der Waals surface area contributed by atoms with Crippen molar-refractivity contribution < 1.29 is 19.4 Å². The van der Waals surface area contributed by atoms with Crippen LogP contribution in [0, 0.1) is 11.3 Å². The van der Waals surface area contributed by atoms with Crippen molar-refractivity contribution in [1.82, 2.24) is 5.32 Å². The van der Waals surface area contributed by atoms with Gasteiger partial charge < -0.3 is 20.9 Å². The highest BCUT2D eigenvalue weighted by molar-refractivity contribution is 5.88. The third-order valence-electron chi connectivity index (χ3n) is 3.35. The van der Waals surface area contributed by atoms with Crippen molar-refractivity contribution in [2.45, 2.75) is 39.3 Å². The Balaban J connectivity index is 2.69. The molecular weight excluding hydrogens is 236 g/mol. The average Bonchev–Trinajstić information content (AvgIpc) is 2.58. The van der Waals surface area contributed by atoms with Crippen molar-refractivity contribution in [1.29, 1.82) is 0 Å². The molecule has 0 saturated carbocycles. The minimum atomic E-state index is -1.02. The number of hydrogen-bond donors (Lipinski definition) is 3. The second kappa shape index (κ2) is 5.67. The molecule has 0 aromatic rings. The first-order chi connectivity index (χ1) is 8.27. The zero-order valence-electron chi connectivity index (χ0n) is 11.1. The van der Waals surface area contributed by atoms with E-state index in [1.807, 2.05) is 13.8 Å². The van der Waals surface area contributed by atoms with Crippen molar-refractivity contribution in [2.24, 2.45) is 17.1 Å². The standard InChI is InChI=1S/C12H22N2O4/c1-7(2)4-8(10(15)16)14-11(17)12(3)6-18-5-9(12)13/h7-9H,4-6,13H2,1-3H3,(H,14,17)(H,15,16). The van der Waals surface area contributed by atoms with Crippen LogP contribution in [0.2, 0.25) is 0 Å². The van der Waals surface area contributed by atoms with Gasteiger partial charge in [0.15, 0.2) is 0 Å². The second-order valence-corrected chi connectivity index (χ2v) is 5.53. The summed E-state index contributed by atoms with van der Waals surface area (Å²) in [6.07, 6.45) is 0.396. The van der Waals surface area contributed by atoms with E-state index in [-0.39, 0.29) is 18.4 Å². The van der Waals surface area contributed by atoms with E-state index in [1.165, 1.54) is 0 Å². The Bertz CT molecular complexity index is 332. The van der Waals surface area contributed by atoms with E-state index in [0.29, 0.717) is 13.0 Å². The summed E-state index contributed by atoms with van der Waals surface area (Å²) in [5, 5.41) is 11.6. The van der Waals surface area contributed by atoms with Crippen LogP contribution in [0.15, 0.2) is 0 Å². The van der Waals surface area contributed by atoms with Gasteiger partial charge in [-0.3, -0.25) is 4.79 Å². The number of rotatable bonds is 5. The molecule has 0 spiro atoms. The lowest BCUT2D eigenvalue weighted by Crippen LogP contribution is -2.54. The number of hydrogen-bond acceptors (Lipinski definition) is 4. The number of carboxylic acids is 1. The van der Waals surface area contributed by atoms with E-state index in [4.69, 9.17) is 15.6 Å². The third-order valence-corrected chi connectivity index (χ3v) is 3.35. The van der Waals surface area contributed by atoms with Crippen LogP contribution in [0.25, 0.3) is 0 Å². The molecule has 3 atom stereocenters. The third kappa shape index (κ3) is 3.20. The summed E-state index contributed by atoms with van der Waals surface area (Å²) in [5.41, 5.74) is 4.99. The number of amides is 1. The Morgan fingerprint density at radius 1 is 1.56 bits per heavy atom. The van der Waals surface area contributed by atoms with Crippen molar-refractivity contribution >= 4 is 11.9 Å². The molecular formula is C12H22N2O4. The number of aliphatic carboxylic acids is 1. The van der Waals surface area contributed by atoms with Gasteiger partial charge >= 0.3 is 5.97 Å². The number of ether oxygens (including phenoxy) is 1. The lowest BCUT2D eigenvalue weighted by Gasteiger charge is -2.27. The molecule has 0 aromatic carbocycles. The molecule has 3 unspecified atom stereocenters. The molecule has 0 radical (unpaired) electrons. The molecule has 1 aliphatic rings. The molecule has 0 aromatic heterocycles. The Labute approximate surface area is 107 Å². The van der Waals surface area contributed by atoms with Gasteiger partial charge in [-0.2, -0.15) is 0 Å². The summed E-state index contributed by atoms with van der Waals surface area (Å²) < 4.78 is 5.18. The molecule has 1 heterocycles. The van der Waals surface area contributed by atoms with Crippen LogP contribution in [0.3, 0.4) is 0 Å². The average molecular weight is 258 g/mol. The van der Waals surface area contributed by atoms with Gasteiger partial charge in [-0.05, 0) is 19.3 Å². The summed E-state index contributed by atoms with van der Waals surface area (Å²) in [7, 11) is 0. The highest BCUT2D eigenvalue weighted by Crippen LogP contribution is 2.27. The molecule has 6 nitrogen and oxygen atoms in total. The highest BCUT2D eigenvalue weighted by atomic mass is 16.5. The molecule has 18 heavy (non-hydrogen) atoms. The van der Waals surface area contributed by atoms with Crippen LogP contribution in [-0.4, -0.2) is 42.3 Å². The number of carbonyl (C=O) groups excluding carboxylic acids is 1. The first-order valence-corrected chi connectivity index (χ1v) is 6.14. The zero-order valence-corrected chi connectivity index (χ0v) is 11.1. The van der Waals surface area contributed by atoms with E-state index < -0.39 is 23.5 Å². The van der Waals surface area contributed by atoms with Crippen LogP contribution in [0.4, 0.5) is 0 Å². The van der Waals surface area contributed by atoms with Crippen LogP contribution in [0.5, 0.6) is 0 Å². The lowest BCUT2D eigenvalue weighted by atomic mass is 9.84. The van der Waals surface area contributed by atoms with Crippen molar-refractivity contribution in [3.63, 3.8) is 0 Å². The molecule has 104 valence electrons. The minimum absolute atomic E-state index is 0.188. The molecule has 4 N–H and O–H groups in total. The maximum absolute atomic E-state index is 12.1. The number of nitrogens with one attached hydrogen (secondary N) is 1. The number of carboxylic acid groups (broad SMARTS) is 1. The minimum Gasteiger partial charge on any atom is -0.480 e. The van der Waals surface area contributed by atoms with Crippen LogP contribution in [-0.2, 0) is 14.3 Å². The summed E-state index contributed by atoms with van der Waals surface area (Å²) in [6, 6.07) is -1.27. The van der Waals surface area contributed by atoms with Crippen molar-refractivity contribution in [3.8, 4) is 0 Å². The fourth-order valence-corrected chi connectivity index (χ4v) is 1.94. The van der Waals surface area contributed by atoms with Gasteiger partial charge in [-0.25, -0.2) is 4.79 Å². The second-order valence-electron chi connectivity index (χ2n) is 5.53. The van der Waals surface area contributed by atoms with E-state index in [0.717, 1.165) is 0 Å². The zero-order chi connectivity index (χ0) is 13.9. The Hall–Kier alpha value is -1.14. The quantitative estimate of drug-likeness (QED) is 0.642. The highest BCUT2D eigenvalue weighted by Gasteiger charge is 2.45. The number of carbonyl (C=O) groups is 2. The smallest absolute Gasteiger partial charge is 0.326 e. The molecule has 0 bridgehead atoms. The first-order valence-electron chi connectivity index (χ1n) is 6.14. The summed E-state index contributed by atoms with van der Waals surface area (Å²) >= 11 is 0. The molecule has 1 amide bonds. The Kier molecular flexibility index (Phi) is 4.70. The molecule has 1 saturated heterocycles. The van der Waals surface area contributed by atoms with Crippen LogP contribution in [0.1, 0.15) is 27.2 Å². The number of nitrogens with two attached hydrogens (primary N) is 1. The van der Waals surface area contributed by atoms with Gasteiger partial charge in [0.25, 0.3) is 0 Å². The maximum atomic E-state index is 12.1. The summed E-state index contributed by atoms with van der Waals surface area (Å²) in [6.45, 7) is 6.08. The van der Waals surface area contributed by atoms with E-state index in [1.54, 1.807) is 6.92 Å². The normalized spacial score (nSPS) is 29.3. The Morgan fingerprint density at radius 2 is 2.17 bits per heavy atom. The van der Waals surface area contributed by atoms with Crippen LogP contribution < -0.4 is 11.1 Å². The summed E-state index contributed by atoms with van der Waals surface area (Å²) in [4.78, 5) is 23.2.